The Bertz CT molecular complexity index is 757. The molecule has 2 aliphatic rings. The predicted molar refractivity (Wildman–Crippen MR) is 88.9 cm³/mol. The summed E-state index contributed by atoms with van der Waals surface area (Å²) in [7, 11) is 0. The fourth-order valence-electron chi connectivity index (χ4n) is 3.88. The lowest BCUT2D eigenvalue weighted by Gasteiger charge is -2.25. The first kappa shape index (κ1) is 15.4. The van der Waals surface area contributed by atoms with Gasteiger partial charge in [-0.25, -0.2) is 4.39 Å². The number of aryl methyl sites for hydroxylation is 1. The summed E-state index contributed by atoms with van der Waals surface area (Å²) in [5, 5.41) is 4.34. The lowest BCUT2D eigenvalue weighted by molar-refractivity contribution is -0.133. The van der Waals surface area contributed by atoms with E-state index in [2.05, 4.69) is 5.10 Å². The number of amides is 1. The van der Waals surface area contributed by atoms with Crippen molar-refractivity contribution in [2.45, 2.75) is 44.7 Å². The SMILES string of the molecule is Cc1cnn(CC2CCCN2C(=O)C2CC2c2cccc(F)c2)c1. The van der Waals surface area contributed by atoms with Gasteiger partial charge in [-0.05, 0) is 55.4 Å². The molecule has 126 valence electrons. The van der Waals surface area contributed by atoms with Crippen molar-refractivity contribution in [1.29, 1.82) is 0 Å². The number of rotatable bonds is 4. The van der Waals surface area contributed by atoms with E-state index < -0.39 is 0 Å². The van der Waals surface area contributed by atoms with Gasteiger partial charge in [0, 0.05) is 18.7 Å². The molecule has 0 bridgehead atoms. The van der Waals surface area contributed by atoms with Crippen LogP contribution < -0.4 is 0 Å². The van der Waals surface area contributed by atoms with Crippen LogP contribution in [0, 0.1) is 18.7 Å². The Morgan fingerprint density at radius 3 is 3.04 bits per heavy atom. The quantitative estimate of drug-likeness (QED) is 0.865. The number of nitrogens with zero attached hydrogens (tertiary/aromatic N) is 3. The molecule has 5 heteroatoms. The fraction of sp³-hybridized carbons (Fsp3) is 0.474. The van der Waals surface area contributed by atoms with Crippen LogP contribution in [0.2, 0.25) is 0 Å². The van der Waals surface area contributed by atoms with Gasteiger partial charge >= 0.3 is 0 Å². The van der Waals surface area contributed by atoms with Gasteiger partial charge in [-0.3, -0.25) is 9.48 Å². The molecule has 0 radical (unpaired) electrons. The van der Waals surface area contributed by atoms with Crippen molar-refractivity contribution in [3.05, 3.63) is 53.6 Å². The van der Waals surface area contributed by atoms with E-state index in [4.69, 9.17) is 0 Å². The van der Waals surface area contributed by atoms with E-state index in [0.29, 0.717) is 0 Å². The van der Waals surface area contributed by atoms with E-state index >= 15 is 0 Å². The topological polar surface area (TPSA) is 38.1 Å². The highest BCUT2D eigenvalue weighted by Gasteiger charge is 2.47. The summed E-state index contributed by atoms with van der Waals surface area (Å²) >= 11 is 0. The molecule has 1 saturated carbocycles. The summed E-state index contributed by atoms with van der Waals surface area (Å²) < 4.78 is 15.3. The monoisotopic (exact) mass is 327 g/mol. The van der Waals surface area contributed by atoms with Gasteiger partial charge in [-0.15, -0.1) is 0 Å². The zero-order chi connectivity index (χ0) is 16.7. The number of hydrogen-bond acceptors (Lipinski definition) is 2. The Kier molecular flexibility index (Phi) is 3.87. The maximum atomic E-state index is 13.4. The predicted octanol–water partition coefficient (Wildman–Crippen LogP) is 3.13. The molecular weight excluding hydrogens is 305 g/mol. The minimum atomic E-state index is -0.223. The van der Waals surface area contributed by atoms with Crippen molar-refractivity contribution in [3.8, 4) is 0 Å². The van der Waals surface area contributed by atoms with Crippen LogP contribution in [-0.2, 0) is 11.3 Å². The molecule has 24 heavy (non-hydrogen) atoms. The second kappa shape index (κ2) is 6.04. The van der Waals surface area contributed by atoms with Crippen molar-refractivity contribution >= 4 is 5.91 Å². The Balaban J connectivity index is 1.42. The van der Waals surface area contributed by atoms with Crippen LogP contribution in [0.5, 0.6) is 0 Å². The van der Waals surface area contributed by atoms with Crippen LogP contribution in [0.3, 0.4) is 0 Å². The minimum absolute atomic E-state index is 0.0201. The summed E-state index contributed by atoms with van der Waals surface area (Å²) in [4.78, 5) is 14.9. The van der Waals surface area contributed by atoms with Gasteiger partial charge in [-0.1, -0.05) is 12.1 Å². The van der Waals surface area contributed by atoms with Crippen LogP contribution in [0.4, 0.5) is 4.39 Å². The van der Waals surface area contributed by atoms with Gasteiger partial charge in [0.15, 0.2) is 0 Å². The summed E-state index contributed by atoms with van der Waals surface area (Å²) in [5.74, 6) is 0.211. The molecule has 3 atom stereocenters. The fourth-order valence-corrected chi connectivity index (χ4v) is 3.88. The van der Waals surface area contributed by atoms with Crippen LogP contribution >= 0.6 is 0 Å². The molecule has 0 N–H and O–H groups in total. The zero-order valence-electron chi connectivity index (χ0n) is 13.9. The number of likely N-dealkylation sites (tertiary alicyclic amines) is 1. The maximum absolute atomic E-state index is 13.4. The molecule has 1 aliphatic heterocycles. The molecule has 2 aromatic rings. The highest BCUT2D eigenvalue weighted by atomic mass is 19.1. The molecule has 0 spiro atoms. The molecule has 1 saturated heterocycles. The Labute approximate surface area is 141 Å². The van der Waals surface area contributed by atoms with E-state index in [1.165, 1.54) is 6.07 Å². The molecule has 1 aromatic heterocycles. The Morgan fingerprint density at radius 2 is 2.29 bits per heavy atom. The van der Waals surface area contributed by atoms with E-state index in [0.717, 1.165) is 43.5 Å². The number of carbonyl (C=O) groups is 1. The zero-order valence-corrected chi connectivity index (χ0v) is 13.9. The molecule has 1 amide bonds. The third-order valence-corrected chi connectivity index (χ3v) is 5.20. The lowest BCUT2D eigenvalue weighted by atomic mass is 10.1. The third kappa shape index (κ3) is 2.95. The van der Waals surface area contributed by atoms with Crippen LogP contribution in [0.15, 0.2) is 36.7 Å². The van der Waals surface area contributed by atoms with E-state index in [-0.39, 0.29) is 29.6 Å². The number of benzene rings is 1. The van der Waals surface area contributed by atoms with Gasteiger partial charge in [0.25, 0.3) is 0 Å². The first-order chi connectivity index (χ1) is 11.6. The molecule has 4 rings (SSSR count). The van der Waals surface area contributed by atoms with Crippen molar-refractivity contribution in [3.63, 3.8) is 0 Å². The van der Waals surface area contributed by atoms with E-state index in [9.17, 15) is 9.18 Å². The van der Waals surface area contributed by atoms with Crippen LogP contribution in [-0.4, -0.2) is 33.2 Å². The van der Waals surface area contributed by atoms with Gasteiger partial charge in [0.05, 0.1) is 18.8 Å². The summed E-state index contributed by atoms with van der Waals surface area (Å²) in [6, 6.07) is 6.89. The number of halogens is 1. The standard InChI is InChI=1S/C19H22FN3O/c1-13-10-21-22(11-13)12-16-6-3-7-23(16)19(24)18-9-17(18)14-4-2-5-15(20)8-14/h2,4-5,8,10-11,16-18H,3,6-7,9,12H2,1H3. The molecule has 2 heterocycles. The second-order valence-electron chi connectivity index (χ2n) is 7.07. The number of aromatic nitrogens is 2. The highest BCUT2D eigenvalue weighted by molar-refractivity contribution is 5.83. The van der Waals surface area contributed by atoms with Crippen molar-refractivity contribution in [2.24, 2.45) is 5.92 Å². The first-order valence-electron chi connectivity index (χ1n) is 8.67. The first-order valence-corrected chi connectivity index (χ1v) is 8.67. The molecule has 3 unspecified atom stereocenters. The lowest BCUT2D eigenvalue weighted by Crippen LogP contribution is -2.39. The minimum Gasteiger partial charge on any atom is -0.338 e. The summed E-state index contributed by atoms with van der Waals surface area (Å²) in [5.41, 5.74) is 2.09. The average molecular weight is 327 g/mol. The Hall–Kier alpha value is -2.17. The number of hydrogen-bond donors (Lipinski definition) is 0. The molecule has 4 nitrogen and oxygen atoms in total. The van der Waals surface area contributed by atoms with Gasteiger partial charge in [0.1, 0.15) is 5.82 Å². The average Bonchev–Trinajstić information content (AvgIpc) is 3.06. The normalized spacial score (nSPS) is 25.9. The van der Waals surface area contributed by atoms with Crippen molar-refractivity contribution < 1.29 is 9.18 Å². The molecule has 1 aromatic carbocycles. The van der Waals surface area contributed by atoms with Crippen LogP contribution in [0.25, 0.3) is 0 Å². The van der Waals surface area contributed by atoms with Crippen molar-refractivity contribution in [1.82, 2.24) is 14.7 Å². The van der Waals surface area contributed by atoms with Crippen LogP contribution in [0.1, 0.15) is 36.3 Å². The summed E-state index contributed by atoms with van der Waals surface area (Å²) in [6.07, 6.45) is 6.79. The van der Waals surface area contributed by atoms with E-state index in [1.807, 2.05) is 35.0 Å². The van der Waals surface area contributed by atoms with Gasteiger partial charge in [0.2, 0.25) is 5.91 Å². The van der Waals surface area contributed by atoms with Gasteiger partial charge in [-0.2, -0.15) is 5.10 Å². The smallest absolute Gasteiger partial charge is 0.226 e. The number of carbonyl (C=O) groups excluding carboxylic acids is 1. The third-order valence-electron chi connectivity index (χ3n) is 5.20. The molecule has 1 aliphatic carbocycles. The van der Waals surface area contributed by atoms with Crippen molar-refractivity contribution in [2.75, 3.05) is 6.54 Å². The van der Waals surface area contributed by atoms with Gasteiger partial charge < -0.3 is 4.90 Å². The maximum Gasteiger partial charge on any atom is 0.226 e. The van der Waals surface area contributed by atoms with E-state index in [1.54, 1.807) is 12.1 Å². The molecular formula is C19H22FN3O. The highest BCUT2D eigenvalue weighted by Crippen LogP contribution is 2.49. The summed E-state index contributed by atoms with van der Waals surface area (Å²) in [6.45, 7) is 3.61. The Morgan fingerprint density at radius 1 is 1.42 bits per heavy atom. The molecule has 2 fully saturated rings. The largest absolute Gasteiger partial charge is 0.338 e. The second-order valence-corrected chi connectivity index (χ2v) is 7.07.